The first-order valence-corrected chi connectivity index (χ1v) is 7.41. The molecule has 0 aliphatic rings. The summed E-state index contributed by atoms with van der Waals surface area (Å²) in [6.45, 7) is 6.56. The van der Waals surface area contributed by atoms with Crippen molar-refractivity contribution in [3.8, 4) is 5.75 Å². The molecule has 0 amide bonds. The molecule has 0 spiro atoms. The van der Waals surface area contributed by atoms with Crippen LogP contribution in [0.4, 0.5) is 11.4 Å². The van der Waals surface area contributed by atoms with E-state index in [4.69, 9.17) is 10.5 Å². The van der Waals surface area contributed by atoms with E-state index in [9.17, 15) is 0 Å². The lowest BCUT2D eigenvalue weighted by Gasteiger charge is -2.23. The summed E-state index contributed by atoms with van der Waals surface area (Å²) in [6.07, 6.45) is 2.80. The largest absolute Gasteiger partial charge is 0.493 e. The molecule has 0 fully saturated rings. The van der Waals surface area contributed by atoms with Gasteiger partial charge in [-0.2, -0.15) is 0 Å². The third kappa shape index (κ3) is 4.38. The van der Waals surface area contributed by atoms with Crippen molar-refractivity contribution in [2.45, 2.75) is 26.8 Å². The Hall–Kier alpha value is -2.23. The zero-order valence-corrected chi connectivity index (χ0v) is 12.7. The van der Waals surface area contributed by atoms with E-state index in [2.05, 4.69) is 23.7 Å². The molecule has 0 saturated heterocycles. The first kappa shape index (κ1) is 15.2. The maximum absolute atomic E-state index is 5.99. The van der Waals surface area contributed by atoms with Gasteiger partial charge in [0.15, 0.2) is 0 Å². The van der Waals surface area contributed by atoms with E-state index in [1.807, 2.05) is 42.6 Å². The molecule has 2 N–H and O–H groups in total. The minimum Gasteiger partial charge on any atom is -0.493 e. The lowest BCUT2D eigenvalue weighted by atomic mass is 10.2. The number of pyridine rings is 1. The molecule has 4 heteroatoms. The van der Waals surface area contributed by atoms with Crippen LogP contribution >= 0.6 is 0 Å². The molecule has 1 heterocycles. The zero-order valence-electron chi connectivity index (χ0n) is 12.7. The number of anilines is 2. The molecule has 0 aliphatic carbocycles. The molecule has 0 aliphatic heterocycles. The fourth-order valence-corrected chi connectivity index (χ4v) is 2.16. The van der Waals surface area contributed by atoms with Crippen LogP contribution in [0.15, 0.2) is 42.6 Å². The Balaban J connectivity index is 2.19. The molecular weight excluding hydrogens is 262 g/mol. The van der Waals surface area contributed by atoms with Crippen LogP contribution in [-0.4, -0.2) is 18.1 Å². The Morgan fingerprint density at radius 1 is 1.19 bits per heavy atom. The molecule has 1 aromatic carbocycles. The number of hydrogen-bond donors (Lipinski definition) is 1. The molecular formula is C17H23N3O. The second-order valence-electron chi connectivity index (χ2n) is 4.94. The van der Waals surface area contributed by atoms with Crippen LogP contribution < -0.4 is 15.4 Å². The topological polar surface area (TPSA) is 51.4 Å². The number of aromatic nitrogens is 1. The fraction of sp³-hybridized carbons (Fsp3) is 0.353. The number of nitrogen functional groups attached to an aromatic ring is 1. The van der Waals surface area contributed by atoms with Crippen molar-refractivity contribution in [3.63, 3.8) is 0 Å². The second kappa shape index (κ2) is 7.53. The number of benzene rings is 1. The molecule has 0 unspecified atom stereocenters. The highest BCUT2D eigenvalue weighted by Crippen LogP contribution is 2.26. The smallest absolute Gasteiger partial charge is 0.123 e. The summed E-state index contributed by atoms with van der Waals surface area (Å²) in [5.41, 5.74) is 8.82. The Morgan fingerprint density at radius 2 is 2.05 bits per heavy atom. The molecule has 1 aromatic heterocycles. The molecule has 0 radical (unpaired) electrons. The van der Waals surface area contributed by atoms with Crippen molar-refractivity contribution in [3.05, 3.63) is 48.3 Å². The quantitative estimate of drug-likeness (QED) is 0.791. The lowest BCUT2D eigenvalue weighted by Crippen LogP contribution is -2.22. The molecule has 0 bridgehead atoms. The van der Waals surface area contributed by atoms with Crippen LogP contribution in [0.3, 0.4) is 0 Å². The summed E-state index contributed by atoms with van der Waals surface area (Å²) >= 11 is 0. The number of nitrogens with two attached hydrogens (primary N) is 1. The van der Waals surface area contributed by atoms with Gasteiger partial charge in [0, 0.05) is 36.2 Å². The zero-order chi connectivity index (χ0) is 15.1. The average Bonchev–Trinajstić information content (AvgIpc) is 2.51. The number of ether oxygens (including phenoxy) is 1. The highest BCUT2D eigenvalue weighted by Gasteiger charge is 2.09. The van der Waals surface area contributed by atoms with Gasteiger partial charge >= 0.3 is 0 Å². The molecule has 112 valence electrons. The molecule has 21 heavy (non-hydrogen) atoms. The predicted octanol–water partition coefficient (Wildman–Crippen LogP) is 3.48. The number of hydrogen-bond acceptors (Lipinski definition) is 4. The molecule has 0 saturated carbocycles. The van der Waals surface area contributed by atoms with Crippen molar-refractivity contribution in [1.82, 2.24) is 4.98 Å². The predicted molar refractivity (Wildman–Crippen MR) is 87.6 cm³/mol. The van der Waals surface area contributed by atoms with E-state index in [0.29, 0.717) is 6.61 Å². The average molecular weight is 285 g/mol. The summed E-state index contributed by atoms with van der Waals surface area (Å²) in [7, 11) is 0. The Labute approximate surface area is 126 Å². The van der Waals surface area contributed by atoms with Crippen molar-refractivity contribution in [2.75, 3.05) is 23.8 Å². The van der Waals surface area contributed by atoms with Gasteiger partial charge in [-0.3, -0.25) is 4.98 Å². The highest BCUT2D eigenvalue weighted by atomic mass is 16.5. The van der Waals surface area contributed by atoms with Crippen LogP contribution in [0.25, 0.3) is 0 Å². The first-order chi connectivity index (χ1) is 10.2. The third-order valence-electron chi connectivity index (χ3n) is 3.21. The monoisotopic (exact) mass is 285 g/mol. The molecule has 2 rings (SSSR count). The lowest BCUT2D eigenvalue weighted by molar-refractivity contribution is 0.317. The molecule has 0 atom stereocenters. The molecule has 4 nitrogen and oxygen atoms in total. The number of rotatable bonds is 7. The fourth-order valence-electron chi connectivity index (χ4n) is 2.16. The summed E-state index contributed by atoms with van der Waals surface area (Å²) in [5, 5.41) is 0. The first-order valence-electron chi connectivity index (χ1n) is 7.41. The van der Waals surface area contributed by atoms with Crippen molar-refractivity contribution in [1.29, 1.82) is 0 Å². The summed E-state index contributed by atoms with van der Waals surface area (Å²) in [5.74, 6) is 0.825. The van der Waals surface area contributed by atoms with Crippen LogP contribution in [0, 0.1) is 0 Å². The van der Waals surface area contributed by atoms with E-state index in [0.717, 1.165) is 42.3 Å². The van der Waals surface area contributed by atoms with E-state index in [-0.39, 0.29) is 0 Å². The summed E-state index contributed by atoms with van der Waals surface area (Å²) in [4.78, 5) is 6.62. The van der Waals surface area contributed by atoms with Gasteiger partial charge in [-0.15, -0.1) is 0 Å². The van der Waals surface area contributed by atoms with E-state index in [1.165, 1.54) is 0 Å². The Morgan fingerprint density at radius 3 is 2.71 bits per heavy atom. The van der Waals surface area contributed by atoms with Gasteiger partial charge in [0.25, 0.3) is 0 Å². The van der Waals surface area contributed by atoms with Gasteiger partial charge in [0.2, 0.25) is 0 Å². The van der Waals surface area contributed by atoms with Crippen LogP contribution in [0.2, 0.25) is 0 Å². The van der Waals surface area contributed by atoms with Gasteiger partial charge in [-0.1, -0.05) is 13.0 Å². The summed E-state index contributed by atoms with van der Waals surface area (Å²) < 4.78 is 5.70. The van der Waals surface area contributed by atoms with E-state index in [1.54, 1.807) is 0 Å². The Kier molecular flexibility index (Phi) is 5.43. The third-order valence-corrected chi connectivity index (χ3v) is 3.21. The van der Waals surface area contributed by atoms with Gasteiger partial charge in [-0.05, 0) is 31.5 Å². The van der Waals surface area contributed by atoms with Crippen LogP contribution in [0.5, 0.6) is 5.75 Å². The van der Waals surface area contributed by atoms with Crippen molar-refractivity contribution in [2.24, 2.45) is 0 Å². The highest BCUT2D eigenvalue weighted by molar-refractivity contribution is 5.60. The maximum Gasteiger partial charge on any atom is 0.123 e. The van der Waals surface area contributed by atoms with Crippen molar-refractivity contribution < 1.29 is 4.74 Å². The van der Waals surface area contributed by atoms with E-state index >= 15 is 0 Å². The van der Waals surface area contributed by atoms with E-state index < -0.39 is 0 Å². The second-order valence-corrected chi connectivity index (χ2v) is 4.94. The number of nitrogens with zero attached hydrogens (tertiary/aromatic N) is 2. The standard InChI is InChI=1S/C17H23N3O/c1-3-9-21-17-11-14(18)10-16(12-17)20(4-2)13-15-7-5-6-8-19-15/h5-8,10-12H,3-4,9,13,18H2,1-2H3. The van der Waals surface area contributed by atoms with Crippen LogP contribution in [0.1, 0.15) is 26.0 Å². The SMILES string of the molecule is CCCOc1cc(N)cc(N(CC)Cc2ccccn2)c1. The minimum absolute atomic E-state index is 0.704. The van der Waals surface area contributed by atoms with Crippen LogP contribution in [-0.2, 0) is 6.54 Å². The van der Waals surface area contributed by atoms with Gasteiger partial charge in [0.1, 0.15) is 5.75 Å². The van der Waals surface area contributed by atoms with Gasteiger partial charge in [-0.25, -0.2) is 0 Å². The maximum atomic E-state index is 5.99. The van der Waals surface area contributed by atoms with Gasteiger partial charge in [0.05, 0.1) is 18.8 Å². The van der Waals surface area contributed by atoms with Gasteiger partial charge < -0.3 is 15.4 Å². The summed E-state index contributed by atoms with van der Waals surface area (Å²) in [6, 6.07) is 11.9. The van der Waals surface area contributed by atoms with Crippen molar-refractivity contribution >= 4 is 11.4 Å². The Bertz CT molecular complexity index is 557. The minimum atomic E-state index is 0.704. The normalized spacial score (nSPS) is 10.4. The molecule has 2 aromatic rings.